The number of nitrogens with zero attached hydrogens (tertiary/aromatic N) is 2. The van der Waals surface area contributed by atoms with Crippen LogP contribution in [-0.4, -0.2) is 4.40 Å². The minimum atomic E-state index is -0.295. The summed E-state index contributed by atoms with van der Waals surface area (Å²) < 4.78 is 3.13. The van der Waals surface area contributed by atoms with Crippen LogP contribution in [0.4, 0.5) is 0 Å². The van der Waals surface area contributed by atoms with E-state index < -0.39 is 0 Å². The van der Waals surface area contributed by atoms with Gasteiger partial charge in [0.25, 0.3) is 0 Å². The van der Waals surface area contributed by atoms with Crippen molar-refractivity contribution in [1.82, 2.24) is 4.40 Å². The molecule has 0 saturated heterocycles. The third kappa shape index (κ3) is 1.18. The monoisotopic (exact) mass is 274 g/mol. The summed E-state index contributed by atoms with van der Waals surface area (Å²) in [7, 11) is 0. The van der Waals surface area contributed by atoms with Gasteiger partial charge in [-0.3, -0.25) is 0 Å². The Kier molecular flexibility index (Phi) is 2.32. The van der Waals surface area contributed by atoms with Gasteiger partial charge in [0.2, 0.25) is 0 Å². The van der Waals surface area contributed by atoms with Crippen molar-refractivity contribution in [2.75, 3.05) is 0 Å². The van der Waals surface area contributed by atoms with Crippen LogP contribution in [0.5, 0.6) is 5.88 Å². The van der Waals surface area contributed by atoms with Crippen LogP contribution in [-0.2, 0) is 6.54 Å². The molecule has 0 aromatic carbocycles. The molecule has 2 aromatic rings. The Morgan fingerprint density at radius 1 is 1.71 bits per heavy atom. The topological polar surface area (TPSA) is 48.4 Å². The highest BCUT2D eigenvalue weighted by Gasteiger charge is 2.16. The zero-order valence-corrected chi connectivity index (χ0v) is 9.76. The fraction of sp³-hybridized carbons (Fsp3) is 0.250. The Labute approximate surface area is 92.2 Å². The third-order valence-corrected chi connectivity index (χ3v) is 3.54. The first-order valence-corrected chi connectivity index (χ1v) is 5.72. The molecule has 74 valence electrons. The largest absolute Gasteiger partial charge is 0.841 e. The van der Waals surface area contributed by atoms with Gasteiger partial charge < -0.3 is 5.11 Å². The molecule has 2 rings (SSSR count). The smallest absolute Gasteiger partial charge is 0.356 e. The van der Waals surface area contributed by atoms with Crippen molar-refractivity contribution in [2.24, 2.45) is 0 Å². The van der Waals surface area contributed by atoms with Crippen LogP contribution < -0.4 is 15.2 Å². The van der Waals surface area contributed by atoms with E-state index in [9.17, 15) is 9.90 Å². The molecule has 0 fully saturated rings. The molecule has 0 unspecified atom stereocenters. The van der Waals surface area contributed by atoms with E-state index in [4.69, 9.17) is 0 Å². The molecule has 0 radical (unpaired) electrons. The van der Waals surface area contributed by atoms with E-state index >= 15 is 0 Å². The third-order valence-electron chi connectivity index (χ3n) is 1.98. The minimum absolute atomic E-state index is 0.0928. The van der Waals surface area contributed by atoms with Gasteiger partial charge in [0, 0.05) is 5.38 Å². The van der Waals surface area contributed by atoms with Crippen LogP contribution in [0.1, 0.15) is 6.92 Å². The number of aromatic nitrogens is 2. The van der Waals surface area contributed by atoms with Crippen LogP contribution in [0.2, 0.25) is 0 Å². The quantitative estimate of drug-likeness (QED) is 0.712. The number of halogens is 1. The zero-order chi connectivity index (χ0) is 10.3. The molecule has 0 aliphatic carbocycles. The molecule has 0 bridgehead atoms. The number of fused-ring (bicyclic) bond motifs is 1. The molecule has 0 aliphatic rings. The van der Waals surface area contributed by atoms with Crippen LogP contribution >= 0.6 is 27.3 Å². The molecule has 2 aromatic heterocycles. The highest BCUT2D eigenvalue weighted by molar-refractivity contribution is 9.10. The Morgan fingerprint density at radius 3 is 3.07 bits per heavy atom. The van der Waals surface area contributed by atoms with Gasteiger partial charge >= 0.3 is 10.5 Å². The van der Waals surface area contributed by atoms with Crippen molar-refractivity contribution in [3.8, 4) is 5.88 Å². The van der Waals surface area contributed by atoms with E-state index in [2.05, 4.69) is 15.9 Å². The summed E-state index contributed by atoms with van der Waals surface area (Å²) in [6.07, 6.45) is 1.67. The Balaban J connectivity index is 3.03. The SMILES string of the molecule is CC[n+]1c([O-])c(Br)c(=O)n2ccsc21. The summed E-state index contributed by atoms with van der Waals surface area (Å²) in [5.74, 6) is -0.264. The average Bonchev–Trinajstić information content (AvgIpc) is 2.64. The molecular formula is C8H7BrN2O2S. The summed E-state index contributed by atoms with van der Waals surface area (Å²) >= 11 is 4.40. The lowest BCUT2D eigenvalue weighted by atomic mass is 10.5. The van der Waals surface area contributed by atoms with Crippen molar-refractivity contribution >= 4 is 32.2 Å². The highest BCUT2D eigenvalue weighted by Crippen LogP contribution is 2.15. The molecule has 0 amide bonds. The lowest BCUT2D eigenvalue weighted by Crippen LogP contribution is -2.41. The lowest BCUT2D eigenvalue weighted by Gasteiger charge is -2.09. The summed E-state index contributed by atoms with van der Waals surface area (Å²) in [4.78, 5) is 12.3. The van der Waals surface area contributed by atoms with Crippen molar-refractivity contribution < 1.29 is 9.67 Å². The number of rotatable bonds is 1. The molecule has 2 heterocycles. The van der Waals surface area contributed by atoms with Crippen molar-refractivity contribution in [1.29, 1.82) is 0 Å². The summed E-state index contributed by atoms with van der Waals surface area (Å²) in [6.45, 7) is 2.43. The van der Waals surface area contributed by atoms with Crippen LogP contribution in [0, 0.1) is 0 Å². The second-order valence-corrected chi connectivity index (χ2v) is 4.39. The van der Waals surface area contributed by atoms with E-state index in [1.54, 1.807) is 16.1 Å². The second-order valence-electron chi connectivity index (χ2n) is 2.72. The fourth-order valence-corrected chi connectivity index (χ4v) is 2.61. The van der Waals surface area contributed by atoms with E-state index in [1.165, 1.54) is 15.7 Å². The van der Waals surface area contributed by atoms with E-state index in [0.717, 1.165) is 0 Å². The van der Waals surface area contributed by atoms with Crippen LogP contribution in [0.15, 0.2) is 20.8 Å². The summed E-state index contributed by atoms with van der Waals surface area (Å²) in [6, 6.07) is 0. The average molecular weight is 275 g/mol. The minimum Gasteiger partial charge on any atom is -0.841 e. The molecular weight excluding hydrogens is 268 g/mol. The molecule has 4 nitrogen and oxygen atoms in total. The lowest BCUT2D eigenvalue weighted by molar-refractivity contribution is -0.712. The number of aryl methyl sites for hydroxylation is 1. The van der Waals surface area contributed by atoms with Gasteiger partial charge in [-0.15, -0.1) is 0 Å². The molecule has 0 atom stereocenters. The van der Waals surface area contributed by atoms with Crippen molar-refractivity contribution in [3.63, 3.8) is 0 Å². The van der Waals surface area contributed by atoms with Gasteiger partial charge in [0.05, 0.1) is 12.4 Å². The Morgan fingerprint density at radius 2 is 2.43 bits per heavy atom. The Bertz CT molecular complexity index is 546. The van der Waals surface area contributed by atoms with Gasteiger partial charge in [-0.1, -0.05) is 11.3 Å². The summed E-state index contributed by atoms with van der Waals surface area (Å²) in [5.41, 5.74) is -0.295. The fourth-order valence-electron chi connectivity index (χ4n) is 1.30. The first-order chi connectivity index (χ1) is 6.66. The maximum absolute atomic E-state index is 11.6. The van der Waals surface area contributed by atoms with Crippen LogP contribution in [0.3, 0.4) is 0 Å². The maximum Gasteiger partial charge on any atom is 0.356 e. The maximum atomic E-state index is 11.6. The highest BCUT2D eigenvalue weighted by atomic mass is 79.9. The molecule has 0 N–H and O–H groups in total. The van der Waals surface area contributed by atoms with E-state index in [1.807, 2.05) is 6.92 Å². The number of hydrogen-bond donors (Lipinski definition) is 0. The van der Waals surface area contributed by atoms with Gasteiger partial charge in [0.15, 0.2) is 0 Å². The molecule has 0 spiro atoms. The zero-order valence-electron chi connectivity index (χ0n) is 7.36. The van der Waals surface area contributed by atoms with Gasteiger partial charge in [-0.05, 0) is 22.9 Å². The first-order valence-electron chi connectivity index (χ1n) is 4.05. The molecule has 0 saturated carbocycles. The second kappa shape index (κ2) is 3.36. The number of thiazole rings is 1. The standard InChI is InChI=1S/C8H7BrN2O2S/c1-2-10-6(12)5(9)7(13)11-3-4-14-8(10)11/h3-4H,2H2,1H3. The van der Waals surface area contributed by atoms with Gasteiger partial charge in [-0.2, -0.15) is 4.40 Å². The molecule has 0 aliphatic heterocycles. The van der Waals surface area contributed by atoms with E-state index in [-0.39, 0.29) is 15.9 Å². The van der Waals surface area contributed by atoms with E-state index in [0.29, 0.717) is 11.5 Å². The van der Waals surface area contributed by atoms with Crippen molar-refractivity contribution in [2.45, 2.75) is 13.5 Å². The Hall–Kier alpha value is -0.880. The normalized spacial score (nSPS) is 11.0. The van der Waals surface area contributed by atoms with Gasteiger partial charge in [0.1, 0.15) is 10.7 Å². The number of hydrogen-bond acceptors (Lipinski definition) is 3. The van der Waals surface area contributed by atoms with Crippen LogP contribution in [0.25, 0.3) is 4.96 Å². The predicted octanol–water partition coefficient (Wildman–Crippen LogP) is 0.504. The summed E-state index contributed by atoms with van der Waals surface area (Å²) in [5, 5.41) is 13.4. The molecule has 6 heteroatoms. The van der Waals surface area contributed by atoms with Crippen molar-refractivity contribution in [3.05, 3.63) is 26.4 Å². The van der Waals surface area contributed by atoms with Gasteiger partial charge in [-0.25, -0.2) is 9.36 Å². The first kappa shape index (κ1) is 9.67. The predicted molar refractivity (Wildman–Crippen MR) is 54.6 cm³/mol. The molecule has 14 heavy (non-hydrogen) atoms.